The van der Waals surface area contributed by atoms with Crippen LogP contribution in [0.1, 0.15) is 19.8 Å². The summed E-state index contributed by atoms with van der Waals surface area (Å²) in [6.07, 6.45) is 0.962. The molecule has 1 unspecified atom stereocenters. The molecule has 2 aromatic rings. The molecule has 1 aliphatic heterocycles. The second-order valence-corrected chi connectivity index (χ2v) is 5.41. The fourth-order valence-electron chi connectivity index (χ4n) is 2.69. The van der Waals surface area contributed by atoms with Crippen molar-refractivity contribution < 1.29 is 14.0 Å². The number of fused-ring (bicyclic) bond motifs is 1. The van der Waals surface area contributed by atoms with E-state index in [2.05, 4.69) is 15.5 Å². The van der Waals surface area contributed by atoms with Crippen LogP contribution in [0.4, 0.5) is 10.2 Å². The first-order valence-electron chi connectivity index (χ1n) is 7.32. The predicted octanol–water partition coefficient (Wildman–Crippen LogP) is 1.58. The Morgan fingerprint density at radius 1 is 1.55 bits per heavy atom. The van der Waals surface area contributed by atoms with Gasteiger partial charge in [-0.1, -0.05) is 13.0 Å². The quantitative estimate of drug-likeness (QED) is 0.900. The number of H-pyrrole nitrogens is 1. The van der Waals surface area contributed by atoms with Crippen LogP contribution in [0.15, 0.2) is 18.2 Å². The summed E-state index contributed by atoms with van der Waals surface area (Å²) in [6, 6.07) is 4.60. The van der Waals surface area contributed by atoms with E-state index in [-0.39, 0.29) is 36.0 Å². The van der Waals surface area contributed by atoms with Crippen LogP contribution in [-0.2, 0) is 9.59 Å². The molecule has 0 bridgehead atoms. The Morgan fingerprint density at radius 3 is 3.14 bits per heavy atom. The summed E-state index contributed by atoms with van der Waals surface area (Å²) in [4.78, 5) is 25.6. The summed E-state index contributed by atoms with van der Waals surface area (Å²) in [7, 11) is 0. The first-order chi connectivity index (χ1) is 10.6. The number of carbonyl (C=O) groups is 2. The molecule has 116 valence electrons. The second-order valence-electron chi connectivity index (χ2n) is 5.41. The lowest BCUT2D eigenvalue weighted by Crippen LogP contribution is -2.33. The second kappa shape index (κ2) is 5.75. The Labute approximate surface area is 126 Å². The van der Waals surface area contributed by atoms with Crippen molar-refractivity contribution in [3.63, 3.8) is 0 Å². The van der Waals surface area contributed by atoms with E-state index in [1.165, 1.54) is 11.0 Å². The van der Waals surface area contributed by atoms with Gasteiger partial charge in [0.1, 0.15) is 5.82 Å². The first kappa shape index (κ1) is 14.5. The summed E-state index contributed by atoms with van der Waals surface area (Å²) in [6.45, 7) is 2.77. The summed E-state index contributed by atoms with van der Waals surface area (Å²) in [5.74, 6) is -0.958. The molecule has 7 heteroatoms. The minimum Gasteiger partial charge on any atom is -0.356 e. The first-order valence-corrected chi connectivity index (χ1v) is 7.32. The lowest BCUT2D eigenvalue weighted by atomic mass is 10.1. The Balaban J connectivity index is 1.86. The van der Waals surface area contributed by atoms with Gasteiger partial charge in [0.05, 0.1) is 16.8 Å². The molecule has 0 aliphatic carbocycles. The Morgan fingerprint density at radius 2 is 2.36 bits per heavy atom. The zero-order valence-corrected chi connectivity index (χ0v) is 12.2. The van der Waals surface area contributed by atoms with Crippen molar-refractivity contribution >= 4 is 28.5 Å². The van der Waals surface area contributed by atoms with Crippen LogP contribution < -0.4 is 10.2 Å². The van der Waals surface area contributed by atoms with Crippen LogP contribution in [0.25, 0.3) is 10.9 Å². The monoisotopic (exact) mass is 304 g/mol. The van der Waals surface area contributed by atoms with E-state index in [1.54, 1.807) is 12.1 Å². The molecule has 22 heavy (non-hydrogen) atoms. The third-order valence-corrected chi connectivity index (χ3v) is 3.82. The maximum Gasteiger partial charge on any atom is 0.229 e. The molecule has 1 atom stereocenters. The van der Waals surface area contributed by atoms with Gasteiger partial charge >= 0.3 is 0 Å². The van der Waals surface area contributed by atoms with Gasteiger partial charge < -0.3 is 5.32 Å². The standard InChI is InChI=1S/C15H17FN4O2/c1-2-6-17-15(22)9-7-12(21)20(8-9)14-13-10(16)4-3-5-11(13)18-19-14/h3-5,9H,2,6-8H2,1H3,(H,17,22)(H,18,19). The highest BCUT2D eigenvalue weighted by atomic mass is 19.1. The van der Waals surface area contributed by atoms with E-state index < -0.39 is 11.7 Å². The molecular weight excluding hydrogens is 287 g/mol. The van der Waals surface area contributed by atoms with Crippen LogP contribution in [0.3, 0.4) is 0 Å². The smallest absolute Gasteiger partial charge is 0.229 e. The molecule has 6 nitrogen and oxygen atoms in total. The average molecular weight is 304 g/mol. The number of aromatic amines is 1. The molecular formula is C15H17FN4O2. The number of hydrogen-bond donors (Lipinski definition) is 2. The number of benzene rings is 1. The van der Waals surface area contributed by atoms with Crippen molar-refractivity contribution in [1.29, 1.82) is 0 Å². The van der Waals surface area contributed by atoms with Gasteiger partial charge in [-0.05, 0) is 18.6 Å². The third kappa shape index (κ3) is 2.43. The Hall–Kier alpha value is -2.44. The molecule has 1 fully saturated rings. The van der Waals surface area contributed by atoms with E-state index >= 15 is 0 Å². The summed E-state index contributed by atoms with van der Waals surface area (Å²) >= 11 is 0. The van der Waals surface area contributed by atoms with Crippen molar-refractivity contribution in [3.05, 3.63) is 24.0 Å². The number of anilines is 1. The lowest BCUT2D eigenvalue weighted by Gasteiger charge is -2.14. The Bertz CT molecular complexity index is 727. The van der Waals surface area contributed by atoms with Crippen LogP contribution in [0.2, 0.25) is 0 Å². The third-order valence-electron chi connectivity index (χ3n) is 3.82. The lowest BCUT2D eigenvalue weighted by molar-refractivity contribution is -0.126. The van der Waals surface area contributed by atoms with Crippen molar-refractivity contribution in [1.82, 2.24) is 15.5 Å². The van der Waals surface area contributed by atoms with E-state index in [0.29, 0.717) is 12.1 Å². The van der Waals surface area contributed by atoms with Gasteiger partial charge in [-0.15, -0.1) is 0 Å². The number of halogens is 1. The average Bonchev–Trinajstić information content (AvgIpc) is 3.09. The van der Waals surface area contributed by atoms with Gasteiger partial charge in [0.25, 0.3) is 0 Å². The molecule has 1 saturated heterocycles. The molecule has 0 spiro atoms. The highest BCUT2D eigenvalue weighted by Crippen LogP contribution is 2.31. The van der Waals surface area contributed by atoms with Gasteiger partial charge in [-0.3, -0.25) is 19.6 Å². The van der Waals surface area contributed by atoms with E-state index in [1.807, 2.05) is 6.92 Å². The zero-order valence-electron chi connectivity index (χ0n) is 12.2. The predicted molar refractivity (Wildman–Crippen MR) is 79.8 cm³/mol. The molecule has 2 heterocycles. The van der Waals surface area contributed by atoms with Crippen LogP contribution in [-0.4, -0.2) is 35.1 Å². The number of carbonyl (C=O) groups excluding carboxylic acids is 2. The van der Waals surface area contributed by atoms with Crippen molar-refractivity contribution in [2.75, 3.05) is 18.0 Å². The number of aromatic nitrogens is 2. The molecule has 0 radical (unpaired) electrons. The van der Waals surface area contributed by atoms with E-state index in [4.69, 9.17) is 0 Å². The minimum absolute atomic E-state index is 0.123. The van der Waals surface area contributed by atoms with Gasteiger partial charge in [-0.25, -0.2) is 4.39 Å². The summed E-state index contributed by atoms with van der Waals surface area (Å²) in [5, 5.41) is 9.85. The minimum atomic E-state index is -0.437. The van der Waals surface area contributed by atoms with Gasteiger partial charge in [0, 0.05) is 19.5 Å². The molecule has 3 rings (SSSR count). The van der Waals surface area contributed by atoms with Crippen molar-refractivity contribution in [2.24, 2.45) is 5.92 Å². The fraction of sp³-hybridized carbons (Fsp3) is 0.400. The summed E-state index contributed by atoms with van der Waals surface area (Å²) in [5.41, 5.74) is 0.529. The summed E-state index contributed by atoms with van der Waals surface area (Å²) < 4.78 is 14.0. The fourth-order valence-corrected chi connectivity index (χ4v) is 2.69. The van der Waals surface area contributed by atoms with E-state index in [9.17, 15) is 14.0 Å². The Kier molecular flexibility index (Phi) is 3.79. The van der Waals surface area contributed by atoms with Crippen LogP contribution >= 0.6 is 0 Å². The zero-order chi connectivity index (χ0) is 15.7. The molecule has 1 aromatic carbocycles. The topological polar surface area (TPSA) is 78.1 Å². The molecule has 1 aliphatic rings. The number of nitrogens with zero attached hydrogens (tertiary/aromatic N) is 2. The maximum absolute atomic E-state index is 14.0. The normalized spacial score (nSPS) is 18.2. The number of amides is 2. The molecule has 1 aromatic heterocycles. The van der Waals surface area contributed by atoms with Gasteiger partial charge in [0.2, 0.25) is 11.8 Å². The van der Waals surface area contributed by atoms with Crippen LogP contribution in [0.5, 0.6) is 0 Å². The van der Waals surface area contributed by atoms with Crippen molar-refractivity contribution in [3.8, 4) is 0 Å². The van der Waals surface area contributed by atoms with Gasteiger partial charge in [0.15, 0.2) is 5.82 Å². The van der Waals surface area contributed by atoms with Crippen LogP contribution in [0, 0.1) is 11.7 Å². The maximum atomic E-state index is 14.0. The number of hydrogen-bond acceptors (Lipinski definition) is 3. The highest BCUT2D eigenvalue weighted by Gasteiger charge is 2.37. The number of rotatable bonds is 4. The molecule has 2 N–H and O–H groups in total. The number of nitrogens with one attached hydrogen (secondary N) is 2. The molecule has 0 saturated carbocycles. The van der Waals surface area contributed by atoms with Gasteiger partial charge in [-0.2, -0.15) is 5.10 Å². The van der Waals surface area contributed by atoms with Crippen molar-refractivity contribution in [2.45, 2.75) is 19.8 Å². The largest absolute Gasteiger partial charge is 0.356 e. The molecule has 2 amide bonds. The highest BCUT2D eigenvalue weighted by molar-refractivity contribution is 6.05. The van der Waals surface area contributed by atoms with E-state index in [0.717, 1.165) is 6.42 Å². The SMILES string of the molecule is CCCNC(=O)C1CC(=O)N(c2n[nH]c3cccc(F)c23)C1.